The number of amides is 3. The number of carbonyl (C=O) groups excluding carboxylic acids is 2. The number of aromatic nitrogens is 2. The molecule has 4 rings (SSSR count). The summed E-state index contributed by atoms with van der Waals surface area (Å²) in [5.74, 6) is 0.0534. The summed E-state index contributed by atoms with van der Waals surface area (Å²) < 4.78 is 1.83. The van der Waals surface area contributed by atoms with Crippen molar-refractivity contribution in [2.24, 2.45) is 0 Å². The average molecular weight is 414 g/mol. The lowest BCUT2D eigenvalue weighted by molar-refractivity contribution is -0.132. The van der Waals surface area contributed by atoms with Gasteiger partial charge >= 0.3 is 11.7 Å². The molecule has 3 amide bonds. The molecular formula is C22H31N5O3. The number of benzene rings is 1. The number of nitrogens with zero attached hydrogens (tertiary/aromatic N) is 2. The number of nitrogens with one attached hydrogen (secondary N) is 3. The molecule has 0 spiro atoms. The zero-order valence-corrected chi connectivity index (χ0v) is 17.4. The van der Waals surface area contributed by atoms with Crippen molar-refractivity contribution in [2.75, 3.05) is 19.6 Å². The Labute approximate surface area is 176 Å². The second-order valence-electron chi connectivity index (χ2n) is 8.41. The fourth-order valence-electron chi connectivity index (χ4n) is 4.73. The quantitative estimate of drug-likeness (QED) is 0.702. The van der Waals surface area contributed by atoms with Crippen molar-refractivity contribution < 1.29 is 9.59 Å². The zero-order chi connectivity index (χ0) is 20.9. The van der Waals surface area contributed by atoms with E-state index in [2.05, 4.69) is 15.6 Å². The van der Waals surface area contributed by atoms with Gasteiger partial charge in [-0.3, -0.25) is 9.36 Å². The van der Waals surface area contributed by atoms with Gasteiger partial charge in [-0.15, -0.1) is 0 Å². The molecule has 1 aliphatic heterocycles. The molecule has 2 aliphatic rings. The first-order valence-electron chi connectivity index (χ1n) is 11.1. The van der Waals surface area contributed by atoms with Crippen LogP contribution in [0, 0.1) is 0 Å². The molecule has 1 aliphatic carbocycles. The third kappa shape index (κ3) is 4.68. The van der Waals surface area contributed by atoms with Crippen LogP contribution in [0.1, 0.15) is 57.4 Å². The van der Waals surface area contributed by atoms with E-state index in [1.807, 2.05) is 33.7 Å². The summed E-state index contributed by atoms with van der Waals surface area (Å²) in [5.41, 5.74) is 1.67. The van der Waals surface area contributed by atoms with E-state index in [0.717, 1.165) is 36.7 Å². The van der Waals surface area contributed by atoms with Gasteiger partial charge in [0.15, 0.2) is 0 Å². The average Bonchev–Trinajstić information content (AvgIpc) is 3.10. The minimum Gasteiger partial charge on any atom is -0.342 e. The second kappa shape index (κ2) is 9.36. The first-order valence-corrected chi connectivity index (χ1v) is 11.1. The van der Waals surface area contributed by atoms with E-state index in [-0.39, 0.29) is 29.7 Å². The maximum atomic E-state index is 12.5. The number of hydrogen-bond acceptors (Lipinski definition) is 3. The molecule has 8 heteroatoms. The highest BCUT2D eigenvalue weighted by atomic mass is 16.2. The fraction of sp³-hybridized carbons (Fsp3) is 0.591. The maximum Gasteiger partial charge on any atom is 0.326 e. The molecule has 1 saturated heterocycles. The number of carbonyl (C=O) groups is 2. The van der Waals surface area contributed by atoms with Gasteiger partial charge in [-0.25, -0.2) is 9.59 Å². The van der Waals surface area contributed by atoms with E-state index in [0.29, 0.717) is 26.1 Å². The van der Waals surface area contributed by atoms with Crippen molar-refractivity contribution in [1.29, 1.82) is 0 Å². The van der Waals surface area contributed by atoms with Crippen LogP contribution in [0.15, 0.2) is 29.1 Å². The van der Waals surface area contributed by atoms with Crippen molar-refractivity contribution in [3.05, 3.63) is 34.7 Å². The first kappa shape index (κ1) is 20.5. The lowest BCUT2D eigenvalue weighted by Gasteiger charge is -2.32. The van der Waals surface area contributed by atoms with Crippen LogP contribution in [0.5, 0.6) is 0 Å². The van der Waals surface area contributed by atoms with Crippen LogP contribution in [-0.4, -0.2) is 52.1 Å². The van der Waals surface area contributed by atoms with Crippen LogP contribution in [0.3, 0.4) is 0 Å². The topological polar surface area (TPSA) is 99.2 Å². The van der Waals surface area contributed by atoms with Crippen LogP contribution < -0.4 is 16.3 Å². The number of piperidine rings is 1. The molecule has 8 nitrogen and oxygen atoms in total. The van der Waals surface area contributed by atoms with Crippen molar-refractivity contribution in [3.63, 3.8) is 0 Å². The summed E-state index contributed by atoms with van der Waals surface area (Å²) in [7, 11) is 0. The van der Waals surface area contributed by atoms with Gasteiger partial charge in [-0.2, -0.15) is 0 Å². The Morgan fingerprint density at radius 3 is 2.53 bits per heavy atom. The molecule has 3 N–H and O–H groups in total. The highest BCUT2D eigenvalue weighted by Gasteiger charge is 2.26. The Morgan fingerprint density at radius 1 is 1.03 bits per heavy atom. The summed E-state index contributed by atoms with van der Waals surface area (Å²) in [6.07, 6.45) is 7.48. The Bertz CT molecular complexity index is 936. The highest BCUT2D eigenvalue weighted by Crippen LogP contribution is 2.25. The number of fused-ring (bicyclic) bond motifs is 1. The van der Waals surface area contributed by atoms with Gasteiger partial charge in [0.25, 0.3) is 0 Å². The molecule has 162 valence electrons. The smallest absolute Gasteiger partial charge is 0.326 e. The number of aromatic amines is 1. The molecule has 2 fully saturated rings. The summed E-state index contributed by atoms with van der Waals surface area (Å²) in [6, 6.07) is 7.89. The van der Waals surface area contributed by atoms with E-state index >= 15 is 0 Å². The van der Waals surface area contributed by atoms with Crippen molar-refractivity contribution >= 4 is 23.0 Å². The predicted octanol–water partition coefficient (Wildman–Crippen LogP) is 2.52. The van der Waals surface area contributed by atoms with Gasteiger partial charge in [0.2, 0.25) is 5.91 Å². The van der Waals surface area contributed by atoms with Gasteiger partial charge in [-0.1, -0.05) is 31.4 Å². The number of hydrogen-bond donors (Lipinski definition) is 3. The van der Waals surface area contributed by atoms with Gasteiger partial charge < -0.3 is 20.5 Å². The minimum absolute atomic E-state index is 0.0534. The third-order valence-corrected chi connectivity index (χ3v) is 6.37. The summed E-state index contributed by atoms with van der Waals surface area (Å²) >= 11 is 0. The van der Waals surface area contributed by atoms with Crippen LogP contribution in [0.2, 0.25) is 0 Å². The lowest BCUT2D eigenvalue weighted by atomic mass is 9.96. The van der Waals surface area contributed by atoms with Crippen LogP contribution in [-0.2, 0) is 4.79 Å². The SMILES string of the molecule is O=C(NCCC(=O)N1CCC(n2c(=O)[nH]c3ccccc32)CC1)NC1CCCCC1. The van der Waals surface area contributed by atoms with Crippen LogP contribution in [0.25, 0.3) is 11.0 Å². The number of H-pyrrole nitrogens is 1. The number of likely N-dealkylation sites (tertiary alicyclic amines) is 1. The standard InChI is InChI=1S/C22H31N5O3/c28-20(10-13-23-21(29)24-16-6-2-1-3-7-16)26-14-11-17(12-15-26)27-19-9-5-4-8-18(19)25-22(27)30/h4-5,8-9,16-17H,1-3,6-7,10-15H2,(H,25,30)(H2,23,24,29). The zero-order valence-electron chi connectivity index (χ0n) is 17.4. The number of para-hydroxylation sites is 2. The molecule has 2 aromatic rings. The Kier molecular flexibility index (Phi) is 6.40. The van der Waals surface area contributed by atoms with Gasteiger partial charge in [0.05, 0.1) is 11.0 Å². The summed E-state index contributed by atoms with van der Waals surface area (Å²) in [6.45, 7) is 1.60. The van der Waals surface area contributed by atoms with E-state index in [1.165, 1.54) is 19.3 Å². The molecule has 1 saturated carbocycles. The molecule has 0 bridgehead atoms. The summed E-state index contributed by atoms with van der Waals surface area (Å²) in [4.78, 5) is 41.7. The largest absolute Gasteiger partial charge is 0.342 e. The fourth-order valence-corrected chi connectivity index (χ4v) is 4.73. The lowest BCUT2D eigenvalue weighted by Crippen LogP contribution is -2.45. The molecule has 0 radical (unpaired) electrons. The molecule has 0 atom stereocenters. The van der Waals surface area contributed by atoms with Gasteiger partial charge in [0.1, 0.15) is 0 Å². The number of rotatable bonds is 5. The third-order valence-electron chi connectivity index (χ3n) is 6.37. The Balaban J connectivity index is 1.22. The Hall–Kier alpha value is -2.77. The monoisotopic (exact) mass is 413 g/mol. The molecule has 0 unspecified atom stereocenters. The van der Waals surface area contributed by atoms with E-state index < -0.39 is 0 Å². The normalized spacial score (nSPS) is 18.5. The molecule has 2 heterocycles. The molecule has 1 aromatic carbocycles. The van der Waals surface area contributed by atoms with Gasteiger partial charge in [0, 0.05) is 38.1 Å². The second-order valence-corrected chi connectivity index (χ2v) is 8.41. The molecule has 1 aromatic heterocycles. The van der Waals surface area contributed by atoms with Crippen molar-refractivity contribution in [1.82, 2.24) is 25.1 Å². The van der Waals surface area contributed by atoms with Gasteiger partial charge in [-0.05, 0) is 37.8 Å². The predicted molar refractivity (Wildman–Crippen MR) is 115 cm³/mol. The number of imidazole rings is 1. The first-order chi connectivity index (χ1) is 14.6. The molecular weight excluding hydrogens is 382 g/mol. The van der Waals surface area contributed by atoms with Crippen LogP contribution >= 0.6 is 0 Å². The Morgan fingerprint density at radius 2 is 1.77 bits per heavy atom. The van der Waals surface area contributed by atoms with E-state index in [1.54, 1.807) is 0 Å². The van der Waals surface area contributed by atoms with Crippen molar-refractivity contribution in [3.8, 4) is 0 Å². The molecule has 30 heavy (non-hydrogen) atoms. The minimum atomic E-state index is -0.174. The number of urea groups is 1. The van der Waals surface area contributed by atoms with Crippen molar-refractivity contribution in [2.45, 2.75) is 63.5 Å². The van der Waals surface area contributed by atoms with Crippen LogP contribution in [0.4, 0.5) is 4.79 Å². The van der Waals surface area contributed by atoms with E-state index in [4.69, 9.17) is 0 Å². The maximum absolute atomic E-state index is 12.5. The van der Waals surface area contributed by atoms with E-state index in [9.17, 15) is 14.4 Å². The highest BCUT2D eigenvalue weighted by molar-refractivity contribution is 5.78. The summed E-state index contributed by atoms with van der Waals surface area (Å²) in [5, 5.41) is 5.81.